The summed E-state index contributed by atoms with van der Waals surface area (Å²) >= 11 is 0. The molecule has 5 nitrogen and oxygen atoms in total. The fourth-order valence-corrected chi connectivity index (χ4v) is 3.12. The van der Waals surface area contributed by atoms with Gasteiger partial charge in [0.1, 0.15) is 0 Å². The Balaban J connectivity index is 0.00000243. The summed E-state index contributed by atoms with van der Waals surface area (Å²) in [5, 5.41) is 13.6. The number of aromatic hydroxyl groups is 1. The molecule has 0 atom stereocenters. The highest BCUT2D eigenvalue weighted by Gasteiger charge is 2.18. The molecule has 1 aliphatic heterocycles. The Morgan fingerprint density at radius 1 is 1.19 bits per heavy atom. The van der Waals surface area contributed by atoms with Crippen molar-refractivity contribution in [3.8, 4) is 11.5 Å². The molecular weight excluding hydrogens is 441 g/mol. The van der Waals surface area contributed by atoms with Gasteiger partial charge >= 0.3 is 0 Å². The summed E-state index contributed by atoms with van der Waals surface area (Å²) in [4.78, 5) is 7.00. The molecular formula is C20H26IN3O2. The summed E-state index contributed by atoms with van der Waals surface area (Å²) in [6.45, 7) is 5.07. The molecule has 140 valence electrons. The molecule has 0 unspecified atom stereocenters. The first-order valence-electron chi connectivity index (χ1n) is 8.67. The average Bonchev–Trinajstić information content (AvgIpc) is 2.65. The molecule has 0 saturated carbocycles. The first kappa shape index (κ1) is 20.4. The van der Waals surface area contributed by atoms with Crippen LogP contribution < -0.4 is 10.1 Å². The van der Waals surface area contributed by atoms with E-state index in [1.165, 1.54) is 11.1 Å². The van der Waals surface area contributed by atoms with Crippen molar-refractivity contribution >= 4 is 29.9 Å². The average molecular weight is 467 g/mol. The normalized spacial score (nSPS) is 13.6. The molecule has 3 rings (SSSR count). The number of guanidine groups is 1. The van der Waals surface area contributed by atoms with Crippen LogP contribution in [-0.4, -0.2) is 36.2 Å². The molecule has 1 aliphatic rings. The van der Waals surface area contributed by atoms with Gasteiger partial charge in [-0.25, -0.2) is 4.99 Å². The van der Waals surface area contributed by atoms with Crippen LogP contribution in [0.5, 0.6) is 11.5 Å². The second-order valence-electron chi connectivity index (χ2n) is 6.08. The molecule has 0 aromatic heterocycles. The SMILES string of the molecule is CCNC(=NCc1cccc(OC)c1O)N1CCc2ccccc2C1.I. The Hall–Kier alpha value is -1.96. The number of phenolic OH excluding ortho intramolecular Hbond substituents is 1. The van der Waals surface area contributed by atoms with Crippen LogP contribution in [0.25, 0.3) is 0 Å². The molecule has 0 fully saturated rings. The van der Waals surface area contributed by atoms with Crippen LogP contribution >= 0.6 is 24.0 Å². The highest BCUT2D eigenvalue weighted by Crippen LogP contribution is 2.29. The Kier molecular flexibility index (Phi) is 7.56. The van der Waals surface area contributed by atoms with E-state index in [4.69, 9.17) is 9.73 Å². The highest BCUT2D eigenvalue weighted by atomic mass is 127. The number of nitrogens with one attached hydrogen (secondary N) is 1. The lowest BCUT2D eigenvalue weighted by Gasteiger charge is -2.31. The highest BCUT2D eigenvalue weighted by molar-refractivity contribution is 14.0. The third kappa shape index (κ3) is 4.60. The van der Waals surface area contributed by atoms with Gasteiger partial charge < -0.3 is 20.1 Å². The maximum atomic E-state index is 10.2. The van der Waals surface area contributed by atoms with E-state index >= 15 is 0 Å². The van der Waals surface area contributed by atoms with E-state index in [9.17, 15) is 5.11 Å². The molecule has 26 heavy (non-hydrogen) atoms. The van der Waals surface area contributed by atoms with Crippen LogP contribution in [0.15, 0.2) is 47.5 Å². The smallest absolute Gasteiger partial charge is 0.194 e. The first-order valence-corrected chi connectivity index (χ1v) is 8.67. The molecule has 0 radical (unpaired) electrons. The van der Waals surface area contributed by atoms with E-state index in [1.807, 2.05) is 12.1 Å². The minimum Gasteiger partial charge on any atom is -0.504 e. The van der Waals surface area contributed by atoms with Crippen molar-refractivity contribution in [2.24, 2.45) is 4.99 Å². The van der Waals surface area contributed by atoms with Crippen molar-refractivity contribution in [3.63, 3.8) is 0 Å². The lowest BCUT2D eigenvalue weighted by molar-refractivity contribution is 0.369. The van der Waals surface area contributed by atoms with E-state index in [0.29, 0.717) is 12.3 Å². The predicted octanol–water partition coefficient (Wildman–Crippen LogP) is 3.54. The molecule has 0 bridgehead atoms. The standard InChI is InChI=1S/C20H25N3O2.HI/c1-3-21-20(22-13-16-9-6-10-18(25-2)19(16)24)23-12-11-15-7-4-5-8-17(15)14-23;/h4-10,24H,3,11-14H2,1-2H3,(H,21,22);1H. The Labute approximate surface area is 172 Å². The third-order valence-corrected chi connectivity index (χ3v) is 4.47. The molecule has 2 N–H and O–H groups in total. The molecule has 0 saturated heterocycles. The van der Waals surface area contributed by atoms with Crippen molar-refractivity contribution in [1.29, 1.82) is 0 Å². The Bertz CT molecular complexity index is 764. The van der Waals surface area contributed by atoms with E-state index in [0.717, 1.165) is 37.6 Å². The van der Waals surface area contributed by atoms with Gasteiger partial charge in [-0.05, 0) is 30.5 Å². The Morgan fingerprint density at radius 3 is 2.69 bits per heavy atom. The van der Waals surface area contributed by atoms with Crippen LogP contribution in [0.3, 0.4) is 0 Å². The molecule has 0 amide bonds. The summed E-state index contributed by atoms with van der Waals surface area (Å²) in [5.74, 6) is 1.51. The zero-order valence-corrected chi connectivity index (χ0v) is 17.6. The van der Waals surface area contributed by atoms with Gasteiger partial charge in [0.25, 0.3) is 0 Å². The van der Waals surface area contributed by atoms with E-state index in [2.05, 4.69) is 41.4 Å². The number of fused-ring (bicyclic) bond motifs is 1. The summed E-state index contributed by atoms with van der Waals surface area (Å²) in [6.07, 6.45) is 1.02. The third-order valence-electron chi connectivity index (χ3n) is 4.47. The van der Waals surface area contributed by atoms with Crippen molar-refractivity contribution in [2.75, 3.05) is 20.2 Å². The van der Waals surface area contributed by atoms with E-state index in [-0.39, 0.29) is 29.7 Å². The quantitative estimate of drug-likeness (QED) is 0.411. The molecule has 6 heteroatoms. The number of phenols is 1. The predicted molar refractivity (Wildman–Crippen MR) is 115 cm³/mol. The lowest BCUT2D eigenvalue weighted by atomic mass is 10.0. The summed E-state index contributed by atoms with van der Waals surface area (Å²) in [6, 6.07) is 14.0. The number of benzene rings is 2. The van der Waals surface area contributed by atoms with Crippen molar-refractivity contribution < 1.29 is 9.84 Å². The van der Waals surface area contributed by atoms with Crippen molar-refractivity contribution in [3.05, 3.63) is 59.2 Å². The van der Waals surface area contributed by atoms with Gasteiger partial charge in [-0.15, -0.1) is 24.0 Å². The van der Waals surface area contributed by atoms with Crippen molar-refractivity contribution in [2.45, 2.75) is 26.4 Å². The number of hydrogen-bond donors (Lipinski definition) is 2. The van der Waals surface area contributed by atoms with Crippen LogP contribution in [0.4, 0.5) is 0 Å². The van der Waals surface area contributed by atoms with Gasteiger partial charge in [0, 0.05) is 25.2 Å². The topological polar surface area (TPSA) is 57.1 Å². The van der Waals surface area contributed by atoms with Crippen molar-refractivity contribution in [1.82, 2.24) is 10.2 Å². The molecule has 0 aliphatic carbocycles. The minimum absolute atomic E-state index is 0. The molecule has 1 heterocycles. The summed E-state index contributed by atoms with van der Waals surface area (Å²) < 4.78 is 5.17. The van der Waals surface area contributed by atoms with E-state index in [1.54, 1.807) is 13.2 Å². The van der Waals surface area contributed by atoms with Gasteiger partial charge in [0.2, 0.25) is 0 Å². The number of para-hydroxylation sites is 1. The maximum absolute atomic E-state index is 10.2. The maximum Gasteiger partial charge on any atom is 0.194 e. The number of halogens is 1. The van der Waals surface area contributed by atoms with Crippen LogP contribution in [0, 0.1) is 0 Å². The van der Waals surface area contributed by atoms with Gasteiger partial charge in [-0.2, -0.15) is 0 Å². The van der Waals surface area contributed by atoms with Gasteiger partial charge in [-0.1, -0.05) is 36.4 Å². The number of methoxy groups -OCH3 is 1. The van der Waals surface area contributed by atoms with E-state index < -0.39 is 0 Å². The number of ether oxygens (including phenoxy) is 1. The van der Waals surface area contributed by atoms with Crippen LogP contribution in [0.1, 0.15) is 23.6 Å². The molecule has 2 aromatic carbocycles. The fourth-order valence-electron chi connectivity index (χ4n) is 3.12. The van der Waals surface area contributed by atoms with Gasteiger partial charge in [0.05, 0.1) is 13.7 Å². The molecule has 0 spiro atoms. The molecule has 2 aromatic rings. The lowest BCUT2D eigenvalue weighted by Crippen LogP contribution is -2.44. The number of rotatable bonds is 4. The fraction of sp³-hybridized carbons (Fsp3) is 0.350. The van der Waals surface area contributed by atoms with Gasteiger partial charge in [0.15, 0.2) is 17.5 Å². The number of nitrogens with zero attached hydrogens (tertiary/aromatic N) is 2. The van der Waals surface area contributed by atoms with Crippen LogP contribution in [-0.2, 0) is 19.5 Å². The number of hydrogen-bond acceptors (Lipinski definition) is 3. The first-order chi connectivity index (χ1) is 12.2. The monoisotopic (exact) mass is 467 g/mol. The summed E-state index contributed by atoms with van der Waals surface area (Å²) in [7, 11) is 1.55. The second-order valence-corrected chi connectivity index (χ2v) is 6.08. The Morgan fingerprint density at radius 2 is 1.96 bits per heavy atom. The zero-order chi connectivity index (χ0) is 17.6. The second kappa shape index (κ2) is 9.66. The largest absolute Gasteiger partial charge is 0.504 e. The zero-order valence-electron chi connectivity index (χ0n) is 15.2. The van der Waals surface area contributed by atoms with Gasteiger partial charge in [-0.3, -0.25) is 0 Å². The van der Waals surface area contributed by atoms with Crippen LogP contribution in [0.2, 0.25) is 0 Å². The number of aliphatic imine (C=N–C) groups is 1. The minimum atomic E-state index is 0. The summed E-state index contributed by atoms with van der Waals surface area (Å²) in [5.41, 5.74) is 3.52.